The van der Waals surface area contributed by atoms with Gasteiger partial charge in [-0.15, -0.1) is 0 Å². The summed E-state index contributed by atoms with van der Waals surface area (Å²) in [5.74, 6) is 1.01. The molecular weight excluding hydrogens is 252 g/mol. The second-order valence-corrected chi connectivity index (χ2v) is 4.84. The van der Waals surface area contributed by atoms with E-state index in [0.717, 1.165) is 17.7 Å². The number of nitrogens with one attached hydrogen (secondary N) is 2. The molecule has 1 aromatic carbocycles. The standard InChI is InChI=1S/C16H26N2O2/c1-4-13(3)18-16(19)10-11-17-12-14-8-6-7-9-15(14)20-5-2/h6-9,13,17H,4-5,10-12H2,1-3H3,(H,18,19). The summed E-state index contributed by atoms with van der Waals surface area (Å²) in [5.41, 5.74) is 1.12. The summed E-state index contributed by atoms with van der Waals surface area (Å²) in [6.45, 7) is 8.10. The van der Waals surface area contributed by atoms with Gasteiger partial charge in [-0.2, -0.15) is 0 Å². The molecule has 0 spiro atoms. The van der Waals surface area contributed by atoms with E-state index in [1.165, 1.54) is 0 Å². The molecule has 4 heteroatoms. The number of carbonyl (C=O) groups is 1. The van der Waals surface area contributed by atoms with E-state index in [4.69, 9.17) is 4.74 Å². The number of ether oxygens (including phenoxy) is 1. The average molecular weight is 278 g/mol. The Bertz CT molecular complexity index is 407. The molecule has 0 fully saturated rings. The van der Waals surface area contributed by atoms with Gasteiger partial charge in [0.15, 0.2) is 0 Å². The van der Waals surface area contributed by atoms with Crippen molar-refractivity contribution in [3.8, 4) is 5.75 Å². The highest BCUT2D eigenvalue weighted by atomic mass is 16.5. The van der Waals surface area contributed by atoms with Crippen LogP contribution in [0.15, 0.2) is 24.3 Å². The van der Waals surface area contributed by atoms with Gasteiger partial charge in [-0.05, 0) is 26.3 Å². The van der Waals surface area contributed by atoms with Gasteiger partial charge in [0.2, 0.25) is 5.91 Å². The van der Waals surface area contributed by atoms with Crippen LogP contribution in [0.2, 0.25) is 0 Å². The number of rotatable bonds is 9. The van der Waals surface area contributed by atoms with Crippen LogP contribution in [0.3, 0.4) is 0 Å². The van der Waals surface area contributed by atoms with Gasteiger partial charge in [0.05, 0.1) is 6.61 Å². The number of para-hydroxylation sites is 1. The normalized spacial score (nSPS) is 11.9. The molecule has 0 aliphatic heterocycles. The predicted octanol–water partition coefficient (Wildman–Crippen LogP) is 2.48. The molecule has 4 nitrogen and oxygen atoms in total. The SMILES string of the molecule is CCOc1ccccc1CNCCC(=O)NC(C)CC. The summed E-state index contributed by atoms with van der Waals surface area (Å²) >= 11 is 0. The molecule has 1 atom stereocenters. The molecule has 1 aromatic rings. The number of amides is 1. The zero-order valence-electron chi connectivity index (χ0n) is 12.7. The van der Waals surface area contributed by atoms with Crippen molar-refractivity contribution in [2.45, 2.75) is 46.2 Å². The van der Waals surface area contributed by atoms with Crippen molar-refractivity contribution in [1.29, 1.82) is 0 Å². The van der Waals surface area contributed by atoms with Crippen molar-refractivity contribution >= 4 is 5.91 Å². The molecule has 112 valence electrons. The molecule has 1 rings (SSSR count). The maximum Gasteiger partial charge on any atom is 0.221 e. The largest absolute Gasteiger partial charge is 0.494 e. The van der Waals surface area contributed by atoms with Crippen LogP contribution in [0.5, 0.6) is 5.75 Å². The van der Waals surface area contributed by atoms with Crippen molar-refractivity contribution < 1.29 is 9.53 Å². The van der Waals surface area contributed by atoms with Crippen LogP contribution in [0.1, 0.15) is 39.2 Å². The monoisotopic (exact) mass is 278 g/mol. The Morgan fingerprint density at radius 3 is 2.75 bits per heavy atom. The maximum atomic E-state index is 11.6. The fraction of sp³-hybridized carbons (Fsp3) is 0.562. The molecule has 0 saturated carbocycles. The smallest absolute Gasteiger partial charge is 0.221 e. The van der Waals surface area contributed by atoms with Crippen LogP contribution in [-0.4, -0.2) is 25.1 Å². The highest BCUT2D eigenvalue weighted by molar-refractivity contribution is 5.76. The van der Waals surface area contributed by atoms with Crippen LogP contribution in [-0.2, 0) is 11.3 Å². The lowest BCUT2D eigenvalue weighted by Gasteiger charge is -2.12. The van der Waals surface area contributed by atoms with Crippen LogP contribution in [0, 0.1) is 0 Å². The second kappa shape index (κ2) is 9.37. The third-order valence-electron chi connectivity index (χ3n) is 3.14. The Hall–Kier alpha value is -1.55. The van der Waals surface area contributed by atoms with Crippen molar-refractivity contribution in [3.05, 3.63) is 29.8 Å². The number of hydrogen-bond donors (Lipinski definition) is 2. The first-order valence-corrected chi connectivity index (χ1v) is 7.38. The molecule has 0 heterocycles. The third kappa shape index (κ3) is 6.06. The van der Waals surface area contributed by atoms with E-state index < -0.39 is 0 Å². The van der Waals surface area contributed by atoms with E-state index in [9.17, 15) is 4.79 Å². The van der Waals surface area contributed by atoms with Crippen molar-refractivity contribution in [2.75, 3.05) is 13.2 Å². The molecule has 0 saturated heterocycles. The quantitative estimate of drug-likeness (QED) is 0.682. The average Bonchev–Trinajstić information content (AvgIpc) is 2.45. The highest BCUT2D eigenvalue weighted by Crippen LogP contribution is 2.17. The molecule has 2 N–H and O–H groups in total. The molecule has 1 amide bonds. The molecule has 0 aliphatic rings. The van der Waals surface area contributed by atoms with Crippen molar-refractivity contribution in [2.24, 2.45) is 0 Å². The lowest BCUT2D eigenvalue weighted by atomic mass is 10.2. The van der Waals surface area contributed by atoms with E-state index in [0.29, 0.717) is 26.1 Å². The lowest BCUT2D eigenvalue weighted by molar-refractivity contribution is -0.121. The zero-order chi connectivity index (χ0) is 14.8. The topological polar surface area (TPSA) is 50.4 Å². The second-order valence-electron chi connectivity index (χ2n) is 4.84. The van der Waals surface area contributed by atoms with Crippen LogP contribution < -0.4 is 15.4 Å². The Morgan fingerprint density at radius 1 is 1.30 bits per heavy atom. The van der Waals surface area contributed by atoms with E-state index in [-0.39, 0.29) is 11.9 Å². The van der Waals surface area contributed by atoms with Crippen LogP contribution >= 0.6 is 0 Å². The van der Waals surface area contributed by atoms with Gasteiger partial charge in [0.1, 0.15) is 5.75 Å². The minimum absolute atomic E-state index is 0.102. The summed E-state index contributed by atoms with van der Waals surface area (Å²) in [5, 5.41) is 6.24. The fourth-order valence-electron chi connectivity index (χ4n) is 1.82. The Labute approximate surface area is 121 Å². The van der Waals surface area contributed by atoms with Gasteiger partial charge < -0.3 is 15.4 Å². The van der Waals surface area contributed by atoms with Gasteiger partial charge in [-0.25, -0.2) is 0 Å². The summed E-state index contributed by atoms with van der Waals surface area (Å²) in [7, 11) is 0. The molecule has 0 bridgehead atoms. The predicted molar refractivity (Wildman–Crippen MR) is 81.8 cm³/mol. The minimum Gasteiger partial charge on any atom is -0.494 e. The Balaban J connectivity index is 2.29. The van der Waals surface area contributed by atoms with Crippen LogP contribution in [0.4, 0.5) is 0 Å². The summed E-state index contributed by atoms with van der Waals surface area (Å²) in [4.78, 5) is 11.6. The Kier molecular flexibility index (Phi) is 7.73. The van der Waals surface area contributed by atoms with E-state index in [1.54, 1.807) is 0 Å². The Morgan fingerprint density at radius 2 is 2.05 bits per heavy atom. The summed E-state index contributed by atoms with van der Waals surface area (Å²) < 4.78 is 5.56. The third-order valence-corrected chi connectivity index (χ3v) is 3.14. The van der Waals surface area contributed by atoms with Gasteiger partial charge >= 0.3 is 0 Å². The number of hydrogen-bond acceptors (Lipinski definition) is 3. The number of carbonyl (C=O) groups excluding carboxylic acids is 1. The molecule has 1 unspecified atom stereocenters. The lowest BCUT2D eigenvalue weighted by Crippen LogP contribution is -2.33. The van der Waals surface area contributed by atoms with E-state index >= 15 is 0 Å². The molecule has 0 radical (unpaired) electrons. The van der Waals surface area contributed by atoms with Gasteiger partial charge in [0.25, 0.3) is 0 Å². The molecule has 0 aliphatic carbocycles. The first-order valence-electron chi connectivity index (χ1n) is 7.38. The number of benzene rings is 1. The molecular formula is C16H26N2O2. The maximum absolute atomic E-state index is 11.6. The first kappa shape index (κ1) is 16.5. The van der Waals surface area contributed by atoms with E-state index in [1.807, 2.05) is 38.1 Å². The van der Waals surface area contributed by atoms with Crippen LogP contribution in [0.25, 0.3) is 0 Å². The fourth-order valence-corrected chi connectivity index (χ4v) is 1.82. The molecule has 0 aromatic heterocycles. The molecule has 20 heavy (non-hydrogen) atoms. The minimum atomic E-state index is 0.102. The van der Waals surface area contributed by atoms with Gasteiger partial charge in [-0.3, -0.25) is 4.79 Å². The highest BCUT2D eigenvalue weighted by Gasteiger charge is 2.05. The van der Waals surface area contributed by atoms with E-state index in [2.05, 4.69) is 17.6 Å². The first-order chi connectivity index (χ1) is 9.67. The summed E-state index contributed by atoms with van der Waals surface area (Å²) in [6.07, 6.45) is 1.46. The zero-order valence-corrected chi connectivity index (χ0v) is 12.7. The van der Waals surface area contributed by atoms with Gasteiger partial charge in [-0.1, -0.05) is 25.1 Å². The van der Waals surface area contributed by atoms with Crippen molar-refractivity contribution in [1.82, 2.24) is 10.6 Å². The summed E-state index contributed by atoms with van der Waals surface area (Å²) in [6, 6.07) is 8.22. The van der Waals surface area contributed by atoms with Gasteiger partial charge in [0, 0.05) is 31.1 Å². The van der Waals surface area contributed by atoms with Crippen molar-refractivity contribution in [3.63, 3.8) is 0 Å².